The standard InChI is InChI=1S/C16H15NO2/c1-2-6-13(7-3-1)12-18-16-9-5-4-8-14(16)15-10-11-19-17-15/h1-9H,10-12H2. The summed E-state index contributed by atoms with van der Waals surface area (Å²) in [7, 11) is 0. The minimum absolute atomic E-state index is 0.561. The van der Waals surface area contributed by atoms with Gasteiger partial charge in [0.15, 0.2) is 0 Å². The molecule has 0 aromatic heterocycles. The van der Waals surface area contributed by atoms with Crippen LogP contribution >= 0.6 is 0 Å². The Bertz CT molecular complexity index is 578. The molecule has 0 N–H and O–H groups in total. The molecule has 19 heavy (non-hydrogen) atoms. The minimum Gasteiger partial charge on any atom is -0.488 e. The molecule has 3 rings (SSSR count). The van der Waals surface area contributed by atoms with E-state index in [9.17, 15) is 0 Å². The maximum Gasteiger partial charge on any atom is 0.128 e. The summed E-state index contributed by atoms with van der Waals surface area (Å²) in [5.74, 6) is 0.857. The van der Waals surface area contributed by atoms with Gasteiger partial charge in [0, 0.05) is 12.0 Å². The summed E-state index contributed by atoms with van der Waals surface area (Å²) in [4.78, 5) is 5.06. The van der Waals surface area contributed by atoms with Crippen LogP contribution in [0, 0.1) is 0 Å². The first kappa shape index (κ1) is 11.8. The molecule has 96 valence electrons. The zero-order chi connectivity index (χ0) is 12.9. The van der Waals surface area contributed by atoms with Crippen LogP contribution in [-0.4, -0.2) is 12.3 Å². The van der Waals surface area contributed by atoms with Crippen LogP contribution in [0.25, 0.3) is 0 Å². The van der Waals surface area contributed by atoms with Crippen LogP contribution in [0.5, 0.6) is 5.75 Å². The van der Waals surface area contributed by atoms with E-state index in [1.165, 1.54) is 0 Å². The van der Waals surface area contributed by atoms with Crippen molar-refractivity contribution in [1.82, 2.24) is 0 Å². The first-order valence-electron chi connectivity index (χ1n) is 6.38. The van der Waals surface area contributed by atoms with Crippen LogP contribution in [0.15, 0.2) is 59.8 Å². The molecular weight excluding hydrogens is 238 g/mol. The highest BCUT2D eigenvalue weighted by atomic mass is 16.6. The number of rotatable bonds is 4. The van der Waals surface area contributed by atoms with E-state index in [0.717, 1.165) is 29.0 Å². The molecule has 0 unspecified atom stereocenters. The molecule has 0 amide bonds. The van der Waals surface area contributed by atoms with Gasteiger partial charge >= 0.3 is 0 Å². The third-order valence-corrected chi connectivity index (χ3v) is 3.04. The fraction of sp³-hybridized carbons (Fsp3) is 0.188. The van der Waals surface area contributed by atoms with Crippen molar-refractivity contribution in [2.75, 3.05) is 6.61 Å². The smallest absolute Gasteiger partial charge is 0.128 e. The van der Waals surface area contributed by atoms with E-state index in [4.69, 9.17) is 9.57 Å². The molecule has 0 fully saturated rings. The van der Waals surface area contributed by atoms with Gasteiger partial charge in [-0.15, -0.1) is 0 Å². The molecule has 0 atom stereocenters. The number of oxime groups is 1. The van der Waals surface area contributed by atoms with Crippen molar-refractivity contribution in [3.8, 4) is 5.75 Å². The third-order valence-electron chi connectivity index (χ3n) is 3.04. The van der Waals surface area contributed by atoms with Gasteiger partial charge in [0.1, 0.15) is 19.0 Å². The van der Waals surface area contributed by atoms with E-state index in [1.807, 2.05) is 42.5 Å². The van der Waals surface area contributed by atoms with Gasteiger partial charge in [0.2, 0.25) is 0 Å². The van der Waals surface area contributed by atoms with Gasteiger partial charge in [-0.2, -0.15) is 0 Å². The second-order valence-electron chi connectivity index (χ2n) is 4.39. The van der Waals surface area contributed by atoms with Gasteiger partial charge in [-0.3, -0.25) is 0 Å². The molecule has 1 heterocycles. The van der Waals surface area contributed by atoms with Gasteiger partial charge in [-0.05, 0) is 17.7 Å². The van der Waals surface area contributed by atoms with E-state index < -0.39 is 0 Å². The average Bonchev–Trinajstić information content (AvgIpc) is 3.01. The van der Waals surface area contributed by atoms with Crippen molar-refractivity contribution in [1.29, 1.82) is 0 Å². The Kier molecular flexibility index (Phi) is 3.45. The lowest BCUT2D eigenvalue weighted by Gasteiger charge is -2.10. The Balaban J connectivity index is 1.77. The number of hydrogen-bond donors (Lipinski definition) is 0. The van der Waals surface area contributed by atoms with Crippen LogP contribution in [0.2, 0.25) is 0 Å². The molecule has 0 bridgehead atoms. The highest BCUT2D eigenvalue weighted by molar-refractivity contribution is 6.03. The van der Waals surface area contributed by atoms with Gasteiger partial charge in [-0.25, -0.2) is 0 Å². The maximum absolute atomic E-state index is 5.90. The van der Waals surface area contributed by atoms with Crippen LogP contribution in [0.3, 0.4) is 0 Å². The number of hydrogen-bond acceptors (Lipinski definition) is 3. The van der Waals surface area contributed by atoms with E-state index >= 15 is 0 Å². The Morgan fingerprint density at radius 1 is 1.00 bits per heavy atom. The van der Waals surface area contributed by atoms with Crippen molar-refractivity contribution in [2.24, 2.45) is 5.16 Å². The second kappa shape index (κ2) is 5.57. The normalized spacial score (nSPS) is 13.8. The number of para-hydroxylation sites is 1. The molecular formula is C16H15NO2. The Hall–Kier alpha value is -2.29. The third kappa shape index (κ3) is 2.76. The van der Waals surface area contributed by atoms with Gasteiger partial charge < -0.3 is 9.57 Å². The van der Waals surface area contributed by atoms with E-state index in [-0.39, 0.29) is 0 Å². The molecule has 0 aliphatic carbocycles. The second-order valence-corrected chi connectivity index (χ2v) is 4.39. The van der Waals surface area contributed by atoms with Crippen LogP contribution in [-0.2, 0) is 11.4 Å². The molecule has 2 aromatic rings. The van der Waals surface area contributed by atoms with Crippen molar-refractivity contribution in [2.45, 2.75) is 13.0 Å². The zero-order valence-electron chi connectivity index (χ0n) is 10.6. The van der Waals surface area contributed by atoms with Gasteiger partial charge in [0.05, 0.1) is 5.71 Å². The summed E-state index contributed by atoms with van der Waals surface area (Å²) in [6.45, 7) is 1.22. The molecule has 0 spiro atoms. The lowest BCUT2D eigenvalue weighted by Crippen LogP contribution is -2.03. The lowest BCUT2D eigenvalue weighted by molar-refractivity contribution is 0.174. The van der Waals surface area contributed by atoms with Crippen LogP contribution < -0.4 is 4.74 Å². The summed E-state index contributed by atoms with van der Waals surface area (Å²) >= 11 is 0. The van der Waals surface area contributed by atoms with E-state index in [0.29, 0.717) is 13.2 Å². The topological polar surface area (TPSA) is 30.8 Å². The molecule has 3 nitrogen and oxygen atoms in total. The highest BCUT2D eigenvalue weighted by Crippen LogP contribution is 2.23. The Morgan fingerprint density at radius 2 is 1.79 bits per heavy atom. The van der Waals surface area contributed by atoms with Crippen molar-refractivity contribution < 1.29 is 9.57 Å². The minimum atomic E-state index is 0.561. The fourth-order valence-electron chi connectivity index (χ4n) is 2.06. The van der Waals surface area contributed by atoms with E-state index in [2.05, 4.69) is 17.3 Å². The van der Waals surface area contributed by atoms with Crippen molar-refractivity contribution in [3.05, 3.63) is 65.7 Å². The molecule has 0 saturated carbocycles. The van der Waals surface area contributed by atoms with Crippen LogP contribution in [0.4, 0.5) is 0 Å². The summed E-state index contributed by atoms with van der Waals surface area (Å²) in [6.07, 6.45) is 0.839. The molecule has 0 radical (unpaired) electrons. The Labute approximate surface area is 112 Å². The number of nitrogens with zero attached hydrogens (tertiary/aromatic N) is 1. The molecule has 0 saturated heterocycles. The quantitative estimate of drug-likeness (QED) is 0.836. The van der Waals surface area contributed by atoms with Crippen molar-refractivity contribution in [3.63, 3.8) is 0 Å². The molecule has 1 aliphatic rings. The predicted molar refractivity (Wildman–Crippen MR) is 74.3 cm³/mol. The van der Waals surface area contributed by atoms with Crippen LogP contribution in [0.1, 0.15) is 17.5 Å². The summed E-state index contributed by atoms with van der Waals surface area (Å²) in [5.41, 5.74) is 3.14. The summed E-state index contributed by atoms with van der Waals surface area (Å²) in [5, 5.41) is 4.06. The van der Waals surface area contributed by atoms with Gasteiger partial charge in [-0.1, -0.05) is 47.6 Å². The zero-order valence-corrected chi connectivity index (χ0v) is 10.6. The molecule has 3 heteroatoms. The fourth-order valence-corrected chi connectivity index (χ4v) is 2.06. The largest absolute Gasteiger partial charge is 0.488 e. The summed E-state index contributed by atoms with van der Waals surface area (Å²) in [6, 6.07) is 18.1. The molecule has 1 aliphatic heterocycles. The number of ether oxygens (including phenoxy) is 1. The Morgan fingerprint density at radius 3 is 2.58 bits per heavy atom. The monoisotopic (exact) mass is 253 g/mol. The SMILES string of the molecule is c1ccc(COc2ccccc2C2=NOCC2)cc1. The average molecular weight is 253 g/mol. The number of benzene rings is 2. The lowest BCUT2D eigenvalue weighted by atomic mass is 10.1. The van der Waals surface area contributed by atoms with E-state index in [1.54, 1.807) is 0 Å². The summed E-state index contributed by atoms with van der Waals surface area (Å²) < 4.78 is 5.90. The van der Waals surface area contributed by atoms with Crippen molar-refractivity contribution >= 4 is 5.71 Å². The first-order valence-corrected chi connectivity index (χ1v) is 6.38. The first-order chi connectivity index (χ1) is 9.43. The maximum atomic E-state index is 5.90. The van der Waals surface area contributed by atoms with Gasteiger partial charge in [0.25, 0.3) is 0 Å². The molecule has 2 aromatic carbocycles. The highest BCUT2D eigenvalue weighted by Gasteiger charge is 2.15. The predicted octanol–water partition coefficient (Wildman–Crippen LogP) is 3.39.